The first-order valence-electron chi connectivity index (χ1n) is 5.70. The lowest BCUT2D eigenvalue weighted by Gasteiger charge is -2.18. The van der Waals surface area contributed by atoms with Crippen LogP contribution in [0.4, 0.5) is 0 Å². The summed E-state index contributed by atoms with van der Waals surface area (Å²) in [7, 11) is 5.54. The second-order valence-electron chi connectivity index (χ2n) is 4.18. The van der Waals surface area contributed by atoms with Crippen molar-refractivity contribution in [1.29, 1.82) is 5.26 Å². The lowest BCUT2D eigenvalue weighted by Crippen LogP contribution is -2.29. The molecule has 5 heteroatoms. The molecule has 0 bridgehead atoms. The number of hydrogen-bond acceptors (Lipinski definition) is 4. The SMILES string of the molecule is COc1cccc(Cl)c1C(C#N)NCCN(C)C. The van der Waals surface area contributed by atoms with Crippen molar-refractivity contribution in [1.82, 2.24) is 10.2 Å². The number of nitrogens with zero attached hydrogens (tertiary/aromatic N) is 2. The van der Waals surface area contributed by atoms with Crippen LogP contribution in [-0.4, -0.2) is 39.2 Å². The van der Waals surface area contributed by atoms with E-state index in [1.807, 2.05) is 19.0 Å². The van der Waals surface area contributed by atoms with E-state index in [0.29, 0.717) is 22.9 Å². The predicted molar refractivity (Wildman–Crippen MR) is 72.9 cm³/mol. The van der Waals surface area contributed by atoms with Crippen LogP contribution in [0.5, 0.6) is 5.75 Å². The Bertz CT molecular complexity index is 429. The molecule has 1 aromatic carbocycles. The van der Waals surface area contributed by atoms with Crippen molar-refractivity contribution >= 4 is 11.6 Å². The lowest BCUT2D eigenvalue weighted by atomic mass is 10.1. The van der Waals surface area contributed by atoms with E-state index in [4.69, 9.17) is 16.3 Å². The Labute approximate surface area is 113 Å². The van der Waals surface area contributed by atoms with Crippen molar-refractivity contribution < 1.29 is 4.74 Å². The zero-order valence-corrected chi connectivity index (χ0v) is 11.7. The van der Waals surface area contributed by atoms with Gasteiger partial charge in [0, 0.05) is 18.7 Å². The topological polar surface area (TPSA) is 48.3 Å². The fourth-order valence-electron chi connectivity index (χ4n) is 1.62. The second-order valence-corrected chi connectivity index (χ2v) is 4.58. The van der Waals surface area contributed by atoms with Crippen molar-refractivity contribution in [3.8, 4) is 11.8 Å². The number of ether oxygens (including phenoxy) is 1. The van der Waals surface area contributed by atoms with E-state index in [-0.39, 0.29) is 0 Å². The minimum atomic E-state index is -0.464. The average Bonchev–Trinajstić information content (AvgIpc) is 2.34. The van der Waals surface area contributed by atoms with Gasteiger partial charge >= 0.3 is 0 Å². The number of hydrogen-bond donors (Lipinski definition) is 1. The lowest BCUT2D eigenvalue weighted by molar-refractivity contribution is 0.386. The van der Waals surface area contributed by atoms with E-state index in [0.717, 1.165) is 6.54 Å². The highest BCUT2D eigenvalue weighted by atomic mass is 35.5. The van der Waals surface area contributed by atoms with E-state index >= 15 is 0 Å². The van der Waals surface area contributed by atoms with Gasteiger partial charge in [-0.1, -0.05) is 17.7 Å². The quantitative estimate of drug-likeness (QED) is 0.857. The van der Waals surface area contributed by atoms with E-state index in [9.17, 15) is 5.26 Å². The molecule has 1 aromatic rings. The Kier molecular flexibility index (Phi) is 5.93. The van der Waals surface area contributed by atoms with Crippen LogP contribution in [0.1, 0.15) is 11.6 Å². The number of rotatable bonds is 6. The van der Waals surface area contributed by atoms with Gasteiger partial charge in [0.25, 0.3) is 0 Å². The molecule has 4 nitrogen and oxygen atoms in total. The molecule has 0 aliphatic rings. The zero-order valence-electron chi connectivity index (χ0n) is 10.9. The first kappa shape index (κ1) is 14.8. The highest BCUT2D eigenvalue weighted by Gasteiger charge is 2.18. The Hall–Kier alpha value is -1.28. The van der Waals surface area contributed by atoms with Gasteiger partial charge in [-0.15, -0.1) is 0 Å². The number of nitriles is 1. The van der Waals surface area contributed by atoms with Gasteiger partial charge in [-0.25, -0.2) is 0 Å². The molecule has 0 fully saturated rings. The maximum absolute atomic E-state index is 9.25. The molecule has 1 rings (SSSR count). The molecule has 1 atom stereocenters. The third kappa shape index (κ3) is 3.88. The van der Waals surface area contributed by atoms with E-state index in [2.05, 4.69) is 11.4 Å². The summed E-state index contributed by atoms with van der Waals surface area (Å²) in [5, 5.41) is 13.0. The van der Waals surface area contributed by atoms with E-state index < -0.39 is 6.04 Å². The molecular weight excluding hydrogens is 250 g/mol. The van der Waals surface area contributed by atoms with E-state index in [1.54, 1.807) is 25.3 Å². The van der Waals surface area contributed by atoms with Crippen molar-refractivity contribution in [3.63, 3.8) is 0 Å². The van der Waals surface area contributed by atoms with Gasteiger partial charge in [-0.2, -0.15) is 5.26 Å². The van der Waals surface area contributed by atoms with Crippen LogP contribution in [0, 0.1) is 11.3 Å². The fourth-order valence-corrected chi connectivity index (χ4v) is 1.90. The van der Waals surface area contributed by atoms with Gasteiger partial charge in [0.1, 0.15) is 11.8 Å². The molecule has 0 saturated carbocycles. The average molecular weight is 268 g/mol. The maximum atomic E-state index is 9.25. The van der Waals surface area contributed by atoms with Gasteiger partial charge in [0.05, 0.1) is 18.2 Å². The maximum Gasteiger partial charge on any atom is 0.126 e. The minimum Gasteiger partial charge on any atom is -0.496 e. The number of halogens is 1. The second kappa shape index (κ2) is 7.22. The monoisotopic (exact) mass is 267 g/mol. The van der Waals surface area contributed by atoms with Crippen LogP contribution < -0.4 is 10.1 Å². The Morgan fingerprint density at radius 1 is 1.50 bits per heavy atom. The highest BCUT2D eigenvalue weighted by Crippen LogP contribution is 2.31. The Balaban J connectivity index is 2.85. The molecule has 1 unspecified atom stereocenters. The summed E-state index contributed by atoms with van der Waals surface area (Å²) in [4.78, 5) is 2.05. The van der Waals surface area contributed by atoms with Crippen LogP contribution in [0.3, 0.4) is 0 Å². The number of nitrogens with one attached hydrogen (secondary N) is 1. The standard InChI is InChI=1S/C13H18ClN3O/c1-17(2)8-7-16-11(9-15)13-10(14)5-4-6-12(13)18-3/h4-6,11,16H,7-8H2,1-3H3. The molecule has 0 radical (unpaired) electrons. The summed E-state index contributed by atoms with van der Waals surface area (Å²) in [5.41, 5.74) is 0.697. The first-order chi connectivity index (χ1) is 8.60. The third-order valence-corrected chi connectivity index (χ3v) is 2.89. The number of benzene rings is 1. The number of methoxy groups -OCH3 is 1. The van der Waals surface area contributed by atoms with Crippen LogP contribution in [0.25, 0.3) is 0 Å². The molecule has 0 aliphatic heterocycles. The van der Waals surface area contributed by atoms with Crippen molar-refractivity contribution in [2.24, 2.45) is 0 Å². The Morgan fingerprint density at radius 3 is 2.78 bits per heavy atom. The largest absolute Gasteiger partial charge is 0.496 e. The van der Waals surface area contributed by atoms with Crippen LogP contribution in [-0.2, 0) is 0 Å². The minimum absolute atomic E-state index is 0.464. The smallest absolute Gasteiger partial charge is 0.126 e. The van der Waals surface area contributed by atoms with Gasteiger partial charge in [0.15, 0.2) is 0 Å². The molecule has 0 aliphatic carbocycles. The Morgan fingerprint density at radius 2 is 2.22 bits per heavy atom. The molecule has 0 saturated heterocycles. The summed E-state index contributed by atoms with van der Waals surface area (Å²) >= 11 is 6.14. The molecule has 1 N–H and O–H groups in total. The van der Waals surface area contributed by atoms with Crippen molar-refractivity contribution in [2.75, 3.05) is 34.3 Å². The molecular formula is C13H18ClN3O. The summed E-state index contributed by atoms with van der Waals surface area (Å²) in [5.74, 6) is 0.631. The van der Waals surface area contributed by atoms with Gasteiger partial charge in [-0.05, 0) is 26.2 Å². The highest BCUT2D eigenvalue weighted by molar-refractivity contribution is 6.31. The third-order valence-electron chi connectivity index (χ3n) is 2.56. The van der Waals surface area contributed by atoms with Crippen molar-refractivity contribution in [3.05, 3.63) is 28.8 Å². The zero-order chi connectivity index (χ0) is 13.5. The van der Waals surface area contributed by atoms with Crippen LogP contribution in [0.2, 0.25) is 5.02 Å². The molecule has 18 heavy (non-hydrogen) atoms. The van der Waals surface area contributed by atoms with Crippen molar-refractivity contribution in [2.45, 2.75) is 6.04 Å². The summed E-state index contributed by atoms with van der Waals surface area (Å²) in [6, 6.07) is 7.12. The first-order valence-corrected chi connectivity index (χ1v) is 6.08. The van der Waals surface area contributed by atoms with Gasteiger partial charge in [-0.3, -0.25) is 5.32 Å². The normalized spacial score (nSPS) is 12.2. The molecule has 0 amide bonds. The fraction of sp³-hybridized carbons (Fsp3) is 0.462. The molecule has 0 heterocycles. The molecule has 0 aromatic heterocycles. The number of likely N-dealkylation sites (N-methyl/N-ethyl adjacent to an activating group) is 1. The summed E-state index contributed by atoms with van der Waals surface area (Å²) in [6.07, 6.45) is 0. The molecule has 0 spiro atoms. The van der Waals surface area contributed by atoms with Crippen LogP contribution >= 0.6 is 11.6 Å². The van der Waals surface area contributed by atoms with Gasteiger partial charge in [0.2, 0.25) is 0 Å². The van der Waals surface area contributed by atoms with Gasteiger partial charge < -0.3 is 9.64 Å². The van der Waals surface area contributed by atoms with Crippen LogP contribution in [0.15, 0.2) is 18.2 Å². The van der Waals surface area contributed by atoms with E-state index in [1.165, 1.54) is 0 Å². The summed E-state index contributed by atoms with van der Waals surface area (Å²) in [6.45, 7) is 1.56. The molecule has 98 valence electrons. The predicted octanol–water partition coefficient (Wildman–Crippen LogP) is 2.06. The summed E-state index contributed by atoms with van der Waals surface area (Å²) < 4.78 is 5.25.